The van der Waals surface area contributed by atoms with Crippen LogP contribution in [0.25, 0.3) is 0 Å². The van der Waals surface area contributed by atoms with Gasteiger partial charge in [-0.2, -0.15) is 0 Å². The molecule has 0 aromatic heterocycles. The quantitative estimate of drug-likeness (QED) is 0.637. The van der Waals surface area contributed by atoms with Crippen LogP contribution in [0.4, 0.5) is 0 Å². The second kappa shape index (κ2) is 4.00. The Hall–Kier alpha value is -0.0400. The molecule has 3 unspecified atom stereocenters. The summed E-state index contributed by atoms with van der Waals surface area (Å²) in [6.07, 6.45) is 7.32. The predicted octanol–water partition coefficient (Wildman–Crippen LogP) is 3.10. The summed E-state index contributed by atoms with van der Waals surface area (Å²) in [6, 6.07) is 0. The number of methoxy groups -OCH3 is 1. The van der Waals surface area contributed by atoms with Crippen LogP contribution < -0.4 is 0 Å². The van der Waals surface area contributed by atoms with E-state index in [0.717, 1.165) is 30.3 Å². The third kappa shape index (κ3) is 1.90. The van der Waals surface area contributed by atoms with Gasteiger partial charge < -0.3 is 4.74 Å². The molecular formula is C12H22O. The van der Waals surface area contributed by atoms with Crippen molar-refractivity contribution in [3.8, 4) is 0 Å². The molecule has 0 heterocycles. The molecule has 13 heavy (non-hydrogen) atoms. The fourth-order valence-electron chi connectivity index (χ4n) is 3.54. The van der Waals surface area contributed by atoms with Crippen LogP contribution in [0.1, 0.15) is 39.0 Å². The van der Waals surface area contributed by atoms with E-state index in [2.05, 4.69) is 6.92 Å². The summed E-state index contributed by atoms with van der Waals surface area (Å²) in [6.45, 7) is 3.43. The number of hydrogen-bond donors (Lipinski definition) is 0. The molecule has 2 rings (SSSR count). The van der Waals surface area contributed by atoms with Gasteiger partial charge in [0.05, 0.1) is 0 Å². The van der Waals surface area contributed by atoms with Crippen molar-refractivity contribution in [3.05, 3.63) is 0 Å². The second-order valence-corrected chi connectivity index (χ2v) is 5.13. The van der Waals surface area contributed by atoms with Crippen LogP contribution in [0.5, 0.6) is 0 Å². The fourth-order valence-corrected chi connectivity index (χ4v) is 3.54. The molecule has 0 aromatic carbocycles. The molecule has 2 saturated carbocycles. The van der Waals surface area contributed by atoms with E-state index in [0.29, 0.717) is 0 Å². The number of ether oxygens (including phenoxy) is 1. The summed E-state index contributed by atoms with van der Waals surface area (Å²) in [7, 11) is 1.85. The molecule has 1 nitrogen and oxygen atoms in total. The zero-order valence-electron chi connectivity index (χ0n) is 8.96. The highest BCUT2D eigenvalue weighted by Crippen LogP contribution is 2.47. The maximum absolute atomic E-state index is 5.30. The van der Waals surface area contributed by atoms with Crippen LogP contribution in [0.3, 0.4) is 0 Å². The van der Waals surface area contributed by atoms with Gasteiger partial charge in [-0.3, -0.25) is 0 Å². The minimum Gasteiger partial charge on any atom is -0.384 e. The van der Waals surface area contributed by atoms with Crippen molar-refractivity contribution in [1.29, 1.82) is 0 Å². The summed E-state index contributed by atoms with van der Waals surface area (Å²) < 4.78 is 5.30. The van der Waals surface area contributed by atoms with Crippen LogP contribution in [0.2, 0.25) is 0 Å². The van der Waals surface area contributed by atoms with E-state index in [-0.39, 0.29) is 0 Å². The van der Waals surface area contributed by atoms with Crippen LogP contribution in [-0.2, 0) is 4.74 Å². The Balaban J connectivity index is 1.92. The van der Waals surface area contributed by atoms with Crippen molar-refractivity contribution >= 4 is 0 Å². The molecule has 2 aliphatic carbocycles. The number of fused-ring (bicyclic) bond motifs is 1. The molecule has 0 aromatic rings. The van der Waals surface area contributed by atoms with E-state index in [1.54, 1.807) is 0 Å². The van der Waals surface area contributed by atoms with E-state index in [4.69, 9.17) is 4.74 Å². The van der Waals surface area contributed by atoms with Gasteiger partial charge in [0.15, 0.2) is 0 Å². The summed E-state index contributed by atoms with van der Waals surface area (Å²) in [5.41, 5.74) is 0. The lowest BCUT2D eigenvalue weighted by molar-refractivity contribution is 0.101. The van der Waals surface area contributed by atoms with Gasteiger partial charge in [0.25, 0.3) is 0 Å². The van der Waals surface area contributed by atoms with E-state index in [1.165, 1.54) is 32.1 Å². The molecule has 0 aliphatic heterocycles. The third-order valence-corrected chi connectivity index (χ3v) is 4.20. The topological polar surface area (TPSA) is 9.23 Å². The third-order valence-electron chi connectivity index (χ3n) is 4.20. The predicted molar refractivity (Wildman–Crippen MR) is 54.6 cm³/mol. The smallest absolute Gasteiger partial charge is 0.0493 e. The second-order valence-electron chi connectivity index (χ2n) is 5.13. The minimum absolute atomic E-state index is 0.891. The van der Waals surface area contributed by atoms with Gasteiger partial charge in [0.2, 0.25) is 0 Å². The maximum atomic E-state index is 5.30. The van der Waals surface area contributed by atoms with Crippen LogP contribution in [0.15, 0.2) is 0 Å². The Morgan fingerprint density at radius 2 is 2.00 bits per heavy atom. The standard InChI is InChI=1S/C12H22O/c1-9-3-6-12-10(7-9)4-5-11(12)8-13-2/h9-12H,3-8H2,1-2H3/t9-,10?,11?,12?/m1/s1. The average Bonchev–Trinajstić information content (AvgIpc) is 2.49. The van der Waals surface area contributed by atoms with Gasteiger partial charge >= 0.3 is 0 Å². The van der Waals surface area contributed by atoms with Crippen molar-refractivity contribution in [2.24, 2.45) is 23.7 Å². The summed E-state index contributed by atoms with van der Waals surface area (Å²) >= 11 is 0. The van der Waals surface area contributed by atoms with E-state index in [1.807, 2.05) is 7.11 Å². The highest BCUT2D eigenvalue weighted by Gasteiger charge is 2.38. The highest BCUT2D eigenvalue weighted by atomic mass is 16.5. The summed E-state index contributed by atoms with van der Waals surface area (Å²) in [5, 5.41) is 0. The Labute approximate surface area is 81.9 Å². The monoisotopic (exact) mass is 182 g/mol. The largest absolute Gasteiger partial charge is 0.384 e. The van der Waals surface area contributed by atoms with Crippen LogP contribution >= 0.6 is 0 Å². The van der Waals surface area contributed by atoms with Gasteiger partial charge in [-0.05, 0) is 49.4 Å². The molecule has 2 aliphatic rings. The van der Waals surface area contributed by atoms with Gasteiger partial charge in [-0.25, -0.2) is 0 Å². The van der Waals surface area contributed by atoms with Crippen molar-refractivity contribution in [1.82, 2.24) is 0 Å². The Morgan fingerprint density at radius 1 is 1.15 bits per heavy atom. The van der Waals surface area contributed by atoms with Crippen LogP contribution in [0, 0.1) is 23.7 Å². The highest BCUT2D eigenvalue weighted by molar-refractivity contribution is 4.88. The zero-order chi connectivity index (χ0) is 9.26. The molecule has 0 saturated heterocycles. The van der Waals surface area contributed by atoms with E-state index in [9.17, 15) is 0 Å². The first-order chi connectivity index (χ1) is 6.31. The molecule has 1 heteroatoms. The van der Waals surface area contributed by atoms with Crippen molar-refractivity contribution in [2.75, 3.05) is 13.7 Å². The molecule has 2 fully saturated rings. The average molecular weight is 182 g/mol. The molecule has 0 radical (unpaired) electrons. The Bertz CT molecular complexity index is 161. The van der Waals surface area contributed by atoms with E-state index < -0.39 is 0 Å². The van der Waals surface area contributed by atoms with Crippen molar-refractivity contribution in [2.45, 2.75) is 39.0 Å². The molecule has 0 spiro atoms. The first-order valence-electron chi connectivity index (χ1n) is 5.80. The summed E-state index contributed by atoms with van der Waals surface area (Å²) in [4.78, 5) is 0. The van der Waals surface area contributed by atoms with Crippen LogP contribution in [-0.4, -0.2) is 13.7 Å². The lowest BCUT2D eigenvalue weighted by Crippen LogP contribution is -2.25. The van der Waals surface area contributed by atoms with Gasteiger partial charge in [0.1, 0.15) is 0 Å². The Kier molecular flexibility index (Phi) is 2.92. The maximum Gasteiger partial charge on any atom is 0.0493 e. The van der Waals surface area contributed by atoms with Crippen molar-refractivity contribution in [3.63, 3.8) is 0 Å². The molecule has 0 bridgehead atoms. The molecule has 76 valence electrons. The van der Waals surface area contributed by atoms with Crippen molar-refractivity contribution < 1.29 is 4.74 Å². The SMILES string of the molecule is COCC1CCC2C[C@H](C)CCC12. The Morgan fingerprint density at radius 3 is 2.77 bits per heavy atom. The lowest BCUT2D eigenvalue weighted by Gasteiger charge is -2.32. The number of hydrogen-bond acceptors (Lipinski definition) is 1. The first-order valence-corrected chi connectivity index (χ1v) is 5.80. The molecule has 0 amide bonds. The van der Waals surface area contributed by atoms with Gasteiger partial charge in [-0.1, -0.05) is 13.3 Å². The first kappa shape index (κ1) is 9.51. The van der Waals surface area contributed by atoms with Gasteiger partial charge in [0, 0.05) is 13.7 Å². The van der Waals surface area contributed by atoms with Gasteiger partial charge in [-0.15, -0.1) is 0 Å². The molecular weight excluding hydrogens is 160 g/mol. The number of rotatable bonds is 2. The van der Waals surface area contributed by atoms with E-state index >= 15 is 0 Å². The molecule has 4 atom stereocenters. The fraction of sp³-hybridized carbons (Fsp3) is 1.00. The summed E-state index contributed by atoms with van der Waals surface area (Å²) in [5.74, 6) is 3.94. The minimum atomic E-state index is 0.891. The zero-order valence-corrected chi connectivity index (χ0v) is 8.96. The lowest BCUT2D eigenvalue weighted by atomic mass is 9.74. The molecule has 0 N–H and O–H groups in total. The normalized spacial score (nSPS) is 44.8.